The minimum Gasteiger partial charge on any atom is -0.456 e. The fraction of sp³-hybridized carbons (Fsp3) is 0.0526. The molecule has 60 heavy (non-hydrogen) atoms. The number of rotatable bonds is 6. The molecule has 0 radical (unpaired) electrons. The molecule has 0 amide bonds. The Morgan fingerprint density at radius 1 is 0.367 bits per heavy atom. The molecule has 3 heteroatoms. The van der Waals surface area contributed by atoms with Crippen LogP contribution in [0.1, 0.15) is 25.0 Å². The van der Waals surface area contributed by atoms with Crippen LogP contribution in [0.5, 0.6) is 0 Å². The molecule has 0 fully saturated rings. The van der Waals surface area contributed by atoms with E-state index in [-0.39, 0.29) is 5.41 Å². The average Bonchev–Trinajstić information content (AvgIpc) is 3.94. The largest absolute Gasteiger partial charge is 0.456 e. The maximum Gasteiger partial charge on any atom is 0.136 e. The predicted molar refractivity (Wildman–Crippen MR) is 250 cm³/mol. The van der Waals surface area contributed by atoms with Crippen molar-refractivity contribution in [3.8, 4) is 44.5 Å². The Morgan fingerprint density at radius 3 is 1.85 bits per heavy atom. The van der Waals surface area contributed by atoms with Gasteiger partial charge in [0.1, 0.15) is 22.3 Å². The summed E-state index contributed by atoms with van der Waals surface area (Å²) in [5.74, 6) is 0. The Hall–Kier alpha value is -7.62. The summed E-state index contributed by atoms with van der Waals surface area (Å²) in [5.41, 5.74) is 18.6. The van der Waals surface area contributed by atoms with E-state index in [0.717, 1.165) is 88.8 Å². The van der Waals surface area contributed by atoms with E-state index in [2.05, 4.69) is 201 Å². The highest BCUT2D eigenvalue weighted by molar-refractivity contribution is 6.16. The van der Waals surface area contributed by atoms with E-state index in [9.17, 15) is 0 Å². The predicted octanol–water partition coefficient (Wildman–Crippen LogP) is 16.3. The van der Waals surface area contributed by atoms with Crippen molar-refractivity contribution < 1.29 is 8.83 Å². The smallest absolute Gasteiger partial charge is 0.136 e. The van der Waals surface area contributed by atoms with Gasteiger partial charge in [-0.2, -0.15) is 0 Å². The van der Waals surface area contributed by atoms with Gasteiger partial charge in [-0.05, 0) is 117 Å². The second-order valence-electron chi connectivity index (χ2n) is 16.5. The highest BCUT2D eigenvalue weighted by Crippen LogP contribution is 2.53. The first-order valence-corrected chi connectivity index (χ1v) is 20.7. The van der Waals surface area contributed by atoms with Crippen LogP contribution in [0.2, 0.25) is 0 Å². The van der Waals surface area contributed by atoms with Crippen molar-refractivity contribution in [3.63, 3.8) is 0 Å². The number of hydrogen-bond donors (Lipinski definition) is 0. The Morgan fingerprint density at radius 2 is 0.983 bits per heavy atom. The highest BCUT2D eigenvalue weighted by Gasteiger charge is 2.36. The SMILES string of the molecule is CC1(C)c2ccccc2-c2ccc(N(c3cccc(-c4ccc5c(c4)oc4ccccc45)c3)c3ccc4oc5ccccc5c4c3-c3cccc(-c4ccccc4)c3)cc21. The molecule has 0 saturated carbocycles. The zero-order chi connectivity index (χ0) is 40.0. The van der Waals surface area contributed by atoms with E-state index in [1.54, 1.807) is 0 Å². The Bertz CT molecular complexity index is 3480. The summed E-state index contributed by atoms with van der Waals surface area (Å²) < 4.78 is 13.0. The van der Waals surface area contributed by atoms with Crippen molar-refractivity contribution in [1.29, 1.82) is 0 Å². The molecule has 11 aromatic rings. The maximum atomic E-state index is 6.61. The number of anilines is 3. The minimum atomic E-state index is -0.172. The van der Waals surface area contributed by atoms with Crippen molar-refractivity contribution in [2.45, 2.75) is 19.3 Å². The van der Waals surface area contributed by atoms with Crippen molar-refractivity contribution in [1.82, 2.24) is 0 Å². The average molecular weight is 770 g/mol. The molecule has 1 aliphatic rings. The first-order chi connectivity index (χ1) is 29.5. The number of benzene rings is 9. The summed E-state index contributed by atoms with van der Waals surface area (Å²) in [4.78, 5) is 2.45. The van der Waals surface area contributed by atoms with Gasteiger partial charge in [0.15, 0.2) is 0 Å². The lowest BCUT2D eigenvalue weighted by molar-refractivity contribution is 0.660. The monoisotopic (exact) mass is 769 g/mol. The quantitative estimate of drug-likeness (QED) is 0.169. The van der Waals surface area contributed by atoms with Gasteiger partial charge in [-0.15, -0.1) is 0 Å². The Kier molecular flexibility index (Phi) is 7.58. The van der Waals surface area contributed by atoms with Crippen molar-refractivity contribution >= 4 is 60.9 Å². The highest BCUT2D eigenvalue weighted by atomic mass is 16.3. The molecule has 2 heterocycles. The van der Waals surface area contributed by atoms with E-state index >= 15 is 0 Å². The standard InChI is InChI=1S/C57H39NO2/c1-57(2)48-23-9-6-20-43(48)44-29-27-42(35-49(44)57)58(41-19-13-17-38(33-41)39-26-28-46-45-21-7-10-24-51(45)60-54(46)34-39)50-30-31-53-56(47-22-8-11-25-52(47)59-53)55(50)40-18-12-16-37(32-40)36-14-4-3-5-15-36/h3-35H,1-2H3. The fourth-order valence-electron chi connectivity index (χ4n) is 9.76. The Balaban J connectivity index is 1.12. The lowest BCUT2D eigenvalue weighted by Crippen LogP contribution is -2.17. The lowest BCUT2D eigenvalue weighted by atomic mass is 9.82. The molecule has 0 atom stereocenters. The summed E-state index contributed by atoms with van der Waals surface area (Å²) >= 11 is 0. The first-order valence-electron chi connectivity index (χ1n) is 20.7. The van der Waals surface area contributed by atoms with Crippen LogP contribution >= 0.6 is 0 Å². The van der Waals surface area contributed by atoms with E-state index in [1.165, 1.54) is 27.8 Å². The molecule has 0 N–H and O–H groups in total. The van der Waals surface area contributed by atoms with E-state index in [0.29, 0.717) is 0 Å². The number of hydrogen-bond acceptors (Lipinski definition) is 3. The number of furan rings is 2. The molecule has 2 aromatic heterocycles. The summed E-state index contributed by atoms with van der Waals surface area (Å²) in [6.45, 7) is 4.70. The van der Waals surface area contributed by atoms with Crippen LogP contribution in [0.25, 0.3) is 88.4 Å². The summed E-state index contributed by atoms with van der Waals surface area (Å²) in [5, 5.41) is 4.44. The molecule has 0 aliphatic heterocycles. The van der Waals surface area contributed by atoms with Crippen molar-refractivity contribution in [2.24, 2.45) is 0 Å². The van der Waals surface area contributed by atoms with Crippen LogP contribution in [0.3, 0.4) is 0 Å². The molecule has 12 rings (SSSR count). The van der Waals surface area contributed by atoms with Crippen molar-refractivity contribution in [3.05, 3.63) is 211 Å². The number of fused-ring (bicyclic) bond motifs is 9. The third-order valence-electron chi connectivity index (χ3n) is 12.7. The van der Waals surface area contributed by atoms with Gasteiger partial charge in [-0.25, -0.2) is 0 Å². The van der Waals surface area contributed by atoms with Crippen molar-refractivity contribution in [2.75, 3.05) is 4.90 Å². The minimum absolute atomic E-state index is 0.172. The fourth-order valence-corrected chi connectivity index (χ4v) is 9.76. The molecule has 0 spiro atoms. The van der Waals surface area contributed by atoms with Crippen LogP contribution in [-0.4, -0.2) is 0 Å². The Labute approximate surface area is 348 Å². The van der Waals surface area contributed by atoms with Gasteiger partial charge in [0.2, 0.25) is 0 Å². The second-order valence-corrected chi connectivity index (χ2v) is 16.5. The molecule has 1 aliphatic carbocycles. The molecular weight excluding hydrogens is 731 g/mol. The molecule has 0 unspecified atom stereocenters. The van der Waals surface area contributed by atoms with Crippen LogP contribution in [0, 0.1) is 0 Å². The van der Waals surface area contributed by atoms with Gasteiger partial charge in [-0.1, -0.05) is 147 Å². The first kappa shape index (κ1) is 34.4. The van der Waals surface area contributed by atoms with Gasteiger partial charge in [-0.3, -0.25) is 0 Å². The normalized spacial score (nSPS) is 13.0. The van der Waals surface area contributed by atoms with E-state index < -0.39 is 0 Å². The van der Waals surface area contributed by atoms with Crippen LogP contribution < -0.4 is 4.90 Å². The van der Waals surface area contributed by atoms with Crippen LogP contribution in [0.15, 0.2) is 209 Å². The summed E-state index contributed by atoms with van der Waals surface area (Å²) in [6.07, 6.45) is 0. The number of nitrogens with zero attached hydrogens (tertiary/aromatic N) is 1. The molecule has 0 bridgehead atoms. The van der Waals surface area contributed by atoms with Gasteiger partial charge in [0, 0.05) is 43.9 Å². The zero-order valence-corrected chi connectivity index (χ0v) is 33.3. The second kappa shape index (κ2) is 13.2. The van der Waals surface area contributed by atoms with Crippen LogP contribution in [0.4, 0.5) is 17.1 Å². The third-order valence-corrected chi connectivity index (χ3v) is 12.7. The number of para-hydroxylation sites is 2. The molecular formula is C57H39NO2. The topological polar surface area (TPSA) is 29.5 Å². The zero-order valence-electron chi connectivity index (χ0n) is 33.3. The van der Waals surface area contributed by atoms with E-state index in [4.69, 9.17) is 8.83 Å². The molecule has 284 valence electrons. The van der Waals surface area contributed by atoms with Gasteiger partial charge in [0.05, 0.1) is 5.69 Å². The van der Waals surface area contributed by atoms with Gasteiger partial charge in [0.25, 0.3) is 0 Å². The molecule has 9 aromatic carbocycles. The lowest BCUT2D eigenvalue weighted by Gasteiger charge is -2.30. The van der Waals surface area contributed by atoms with Crippen LogP contribution in [-0.2, 0) is 5.41 Å². The van der Waals surface area contributed by atoms with E-state index in [1.807, 2.05) is 18.2 Å². The maximum absolute atomic E-state index is 6.61. The van der Waals surface area contributed by atoms with Gasteiger partial charge >= 0.3 is 0 Å². The third kappa shape index (κ3) is 5.29. The summed E-state index contributed by atoms with van der Waals surface area (Å²) in [6, 6.07) is 72.1. The molecule has 0 saturated heterocycles. The summed E-state index contributed by atoms with van der Waals surface area (Å²) in [7, 11) is 0. The molecule has 3 nitrogen and oxygen atoms in total. The van der Waals surface area contributed by atoms with Gasteiger partial charge < -0.3 is 13.7 Å².